The number of aryl methyl sites for hydroxylation is 1. The quantitative estimate of drug-likeness (QED) is 0.502. The van der Waals surface area contributed by atoms with Crippen LogP contribution < -0.4 is 0 Å². The number of hydrogen-bond donors (Lipinski definition) is 0. The predicted molar refractivity (Wildman–Crippen MR) is 93.6 cm³/mol. The Bertz CT molecular complexity index is 940. The van der Waals surface area contributed by atoms with Crippen LogP contribution in [0.3, 0.4) is 0 Å². The van der Waals surface area contributed by atoms with Crippen LogP contribution in [0.5, 0.6) is 0 Å². The summed E-state index contributed by atoms with van der Waals surface area (Å²) in [5.41, 5.74) is 2.59. The summed E-state index contributed by atoms with van der Waals surface area (Å²) < 4.78 is 0. The van der Waals surface area contributed by atoms with Gasteiger partial charge >= 0.3 is 0 Å². The van der Waals surface area contributed by atoms with Gasteiger partial charge in [0.15, 0.2) is 5.82 Å². The van der Waals surface area contributed by atoms with Gasteiger partial charge in [-0.2, -0.15) is 0 Å². The minimum Gasteiger partial charge on any atom is -0.258 e. The van der Waals surface area contributed by atoms with E-state index in [-0.39, 0.29) is 5.69 Å². The summed E-state index contributed by atoms with van der Waals surface area (Å²) in [5, 5.41) is 11.8. The van der Waals surface area contributed by atoms with E-state index in [1.54, 1.807) is 23.5 Å². The van der Waals surface area contributed by atoms with Crippen molar-refractivity contribution in [2.24, 2.45) is 0 Å². The van der Waals surface area contributed by atoms with Crippen LogP contribution in [0.25, 0.3) is 27.6 Å². The molecule has 0 unspecified atom stereocenters. The van der Waals surface area contributed by atoms with E-state index in [1.807, 2.05) is 39.0 Å². The molecule has 3 rings (SSSR count). The second kappa shape index (κ2) is 5.89. The van der Waals surface area contributed by atoms with Gasteiger partial charge < -0.3 is 0 Å². The number of fused-ring (bicyclic) bond motifs is 1. The van der Waals surface area contributed by atoms with Crippen molar-refractivity contribution in [3.8, 4) is 10.6 Å². The van der Waals surface area contributed by atoms with E-state index in [1.165, 1.54) is 10.9 Å². The molecule has 3 aromatic rings. The largest absolute Gasteiger partial charge is 0.270 e. The zero-order chi connectivity index (χ0) is 16.6. The van der Waals surface area contributed by atoms with Crippen molar-refractivity contribution in [1.29, 1.82) is 0 Å². The first kappa shape index (κ1) is 15.3. The van der Waals surface area contributed by atoms with Crippen LogP contribution in [0.4, 0.5) is 5.69 Å². The van der Waals surface area contributed by atoms with Gasteiger partial charge in [-0.1, -0.05) is 5.57 Å². The summed E-state index contributed by atoms with van der Waals surface area (Å²) in [6.45, 7) is 5.99. The molecule has 116 valence electrons. The van der Waals surface area contributed by atoms with E-state index in [2.05, 4.69) is 9.97 Å². The number of non-ortho nitro benzene ring substituents is 1. The molecule has 0 amide bonds. The molecule has 23 heavy (non-hydrogen) atoms. The lowest BCUT2D eigenvalue weighted by atomic mass is 10.1. The van der Waals surface area contributed by atoms with Gasteiger partial charge in [-0.3, -0.25) is 10.1 Å². The van der Waals surface area contributed by atoms with Crippen LogP contribution >= 0.6 is 11.3 Å². The number of thiophene rings is 1. The number of hydrogen-bond acceptors (Lipinski definition) is 5. The van der Waals surface area contributed by atoms with E-state index in [0.717, 1.165) is 16.1 Å². The maximum Gasteiger partial charge on any atom is 0.270 e. The highest BCUT2D eigenvalue weighted by Gasteiger charge is 2.14. The average Bonchev–Trinajstić information content (AvgIpc) is 2.91. The molecule has 0 saturated carbocycles. The molecule has 0 bridgehead atoms. The first-order valence-electron chi connectivity index (χ1n) is 7.12. The molecular weight excluding hydrogens is 310 g/mol. The average molecular weight is 325 g/mol. The highest BCUT2D eigenvalue weighted by molar-refractivity contribution is 7.15. The molecule has 0 atom stereocenters. The molecule has 0 spiro atoms. The van der Waals surface area contributed by atoms with E-state index in [9.17, 15) is 10.1 Å². The monoisotopic (exact) mass is 325 g/mol. The lowest BCUT2D eigenvalue weighted by Crippen LogP contribution is -1.95. The van der Waals surface area contributed by atoms with Gasteiger partial charge in [-0.15, -0.1) is 11.3 Å². The fourth-order valence-electron chi connectivity index (χ4n) is 2.32. The smallest absolute Gasteiger partial charge is 0.258 e. The van der Waals surface area contributed by atoms with Gasteiger partial charge in [0.25, 0.3) is 5.69 Å². The zero-order valence-corrected chi connectivity index (χ0v) is 13.8. The highest BCUT2D eigenvalue weighted by atomic mass is 32.1. The summed E-state index contributed by atoms with van der Waals surface area (Å²) in [6.07, 6.45) is 1.91. The Morgan fingerprint density at radius 1 is 1.22 bits per heavy atom. The molecule has 0 radical (unpaired) electrons. The van der Waals surface area contributed by atoms with Crippen molar-refractivity contribution in [2.75, 3.05) is 0 Å². The molecular formula is C17H15N3O2S. The molecule has 0 saturated heterocycles. The van der Waals surface area contributed by atoms with Gasteiger partial charge in [0, 0.05) is 22.4 Å². The maximum atomic E-state index is 11.1. The molecule has 2 aromatic heterocycles. The summed E-state index contributed by atoms with van der Waals surface area (Å²) in [4.78, 5) is 22.0. The summed E-state index contributed by atoms with van der Waals surface area (Å²) in [5.74, 6) is 0.618. The Morgan fingerprint density at radius 3 is 2.61 bits per heavy atom. The third kappa shape index (κ3) is 3.12. The van der Waals surface area contributed by atoms with Crippen molar-refractivity contribution < 1.29 is 4.92 Å². The Morgan fingerprint density at radius 2 is 2.00 bits per heavy atom. The zero-order valence-electron chi connectivity index (χ0n) is 13.0. The molecule has 0 aliphatic heterocycles. The van der Waals surface area contributed by atoms with Gasteiger partial charge in [-0.05, 0) is 45.0 Å². The van der Waals surface area contributed by atoms with Crippen molar-refractivity contribution in [1.82, 2.24) is 9.97 Å². The van der Waals surface area contributed by atoms with Crippen LogP contribution in [0.15, 0.2) is 35.9 Å². The first-order valence-corrected chi connectivity index (χ1v) is 7.93. The normalized spacial score (nSPS) is 10.7. The standard InChI is InChI=1S/C17H15N3O2S/c1-10(2)8-16-18-14-6-5-12(20(21)22)9-13(14)17(19-16)15-7-4-11(3)23-15/h4-9H,1-3H3. The number of benzene rings is 1. The van der Waals surface area contributed by atoms with Crippen molar-refractivity contribution >= 4 is 34.0 Å². The van der Waals surface area contributed by atoms with Gasteiger partial charge in [0.2, 0.25) is 0 Å². The minimum absolute atomic E-state index is 0.0468. The first-order chi connectivity index (χ1) is 10.9. The van der Waals surface area contributed by atoms with Gasteiger partial charge in [0.05, 0.1) is 21.0 Å². The Hall–Kier alpha value is -2.60. The number of rotatable bonds is 3. The number of nitrogens with zero attached hydrogens (tertiary/aromatic N) is 3. The number of allylic oxidation sites excluding steroid dienone is 1. The SMILES string of the molecule is CC(C)=Cc1nc(-c2ccc(C)s2)c2cc([N+](=O)[O-])ccc2n1. The predicted octanol–water partition coefficient (Wildman–Crippen LogP) is 5.00. The van der Waals surface area contributed by atoms with Crippen molar-refractivity contribution in [3.05, 3.63) is 56.7 Å². The van der Waals surface area contributed by atoms with Crippen molar-refractivity contribution in [2.45, 2.75) is 20.8 Å². The molecule has 0 aliphatic carbocycles. The second-order valence-electron chi connectivity index (χ2n) is 5.52. The van der Waals surface area contributed by atoms with Crippen LogP contribution in [-0.2, 0) is 0 Å². The molecule has 6 heteroatoms. The lowest BCUT2D eigenvalue weighted by molar-refractivity contribution is -0.384. The third-order valence-corrected chi connectivity index (χ3v) is 4.31. The molecule has 5 nitrogen and oxygen atoms in total. The molecule has 1 aromatic carbocycles. The van der Waals surface area contributed by atoms with Crippen LogP contribution in [-0.4, -0.2) is 14.9 Å². The van der Waals surface area contributed by atoms with Gasteiger partial charge in [0.1, 0.15) is 0 Å². The Kier molecular flexibility index (Phi) is 3.92. The van der Waals surface area contributed by atoms with E-state index in [4.69, 9.17) is 0 Å². The summed E-state index contributed by atoms with van der Waals surface area (Å²) in [6, 6.07) is 8.72. The number of nitro benzene ring substituents is 1. The Balaban J connectivity index is 2.33. The Labute approximate surface area is 137 Å². The van der Waals surface area contributed by atoms with Gasteiger partial charge in [-0.25, -0.2) is 9.97 Å². The third-order valence-electron chi connectivity index (χ3n) is 3.30. The topological polar surface area (TPSA) is 68.9 Å². The van der Waals surface area contributed by atoms with Crippen molar-refractivity contribution in [3.63, 3.8) is 0 Å². The molecule has 0 fully saturated rings. The van der Waals surface area contributed by atoms with Crippen LogP contribution in [0.1, 0.15) is 24.5 Å². The van der Waals surface area contributed by atoms with Crippen LogP contribution in [0.2, 0.25) is 0 Å². The minimum atomic E-state index is -0.396. The molecule has 2 heterocycles. The van der Waals surface area contributed by atoms with Crippen LogP contribution in [0, 0.1) is 17.0 Å². The molecule has 0 N–H and O–H groups in total. The van der Waals surface area contributed by atoms with E-state index >= 15 is 0 Å². The number of nitro groups is 1. The fourth-order valence-corrected chi connectivity index (χ4v) is 3.19. The molecule has 0 aliphatic rings. The second-order valence-corrected chi connectivity index (χ2v) is 6.81. The lowest BCUT2D eigenvalue weighted by Gasteiger charge is -2.06. The van der Waals surface area contributed by atoms with E-state index in [0.29, 0.717) is 16.7 Å². The summed E-state index contributed by atoms with van der Waals surface area (Å²) >= 11 is 1.62. The van der Waals surface area contributed by atoms with E-state index < -0.39 is 4.92 Å². The number of aromatic nitrogens is 2. The highest BCUT2D eigenvalue weighted by Crippen LogP contribution is 2.33. The fraction of sp³-hybridized carbons (Fsp3) is 0.176. The maximum absolute atomic E-state index is 11.1. The summed E-state index contributed by atoms with van der Waals surface area (Å²) in [7, 11) is 0.